The van der Waals surface area contributed by atoms with E-state index in [0.717, 1.165) is 0 Å². The van der Waals surface area contributed by atoms with Gasteiger partial charge in [-0.3, -0.25) is 15.6 Å². The molecular weight excluding hydrogens is 82.0 g/mol. The molecule has 0 saturated heterocycles. The molecule has 0 spiro atoms. The first-order chi connectivity index (χ1) is 2.81. The van der Waals surface area contributed by atoms with E-state index in [1.54, 1.807) is 0 Å². The van der Waals surface area contributed by atoms with Crippen LogP contribution in [-0.2, 0) is 4.84 Å². The molecule has 0 fully saturated rings. The highest BCUT2D eigenvalue weighted by Gasteiger charge is 1.85. The first-order valence-electron chi connectivity index (χ1n) is 1.38. The molecule has 4 N–H and O–H groups in total. The van der Waals surface area contributed by atoms with Crippen LogP contribution in [0.15, 0.2) is 4.99 Å². The zero-order valence-electron chi connectivity index (χ0n) is 3.29. The normalized spacial score (nSPS) is 13.7. The first-order valence-corrected chi connectivity index (χ1v) is 1.38. The average Bonchev–Trinajstić information content (AvgIpc) is 1.65. The van der Waals surface area contributed by atoms with Crippen LogP contribution < -0.4 is 11.6 Å². The van der Waals surface area contributed by atoms with E-state index < -0.39 is 6.35 Å². The minimum absolute atomic E-state index is 0.773. The lowest BCUT2D eigenvalue weighted by atomic mass is 11.0. The van der Waals surface area contributed by atoms with Crippen molar-refractivity contribution in [3.8, 4) is 0 Å². The molecule has 1 atom stereocenters. The second-order valence-corrected chi connectivity index (χ2v) is 0.709. The molecule has 0 bridgehead atoms. The van der Waals surface area contributed by atoms with Crippen molar-refractivity contribution < 1.29 is 4.84 Å². The van der Waals surface area contributed by atoms with Crippen LogP contribution in [0.5, 0.6) is 0 Å². The Kier molecular flexibility index (Phi) is 2.56. The molecule has 0 saturated carbocycles. The molecule has 0 aliphatic carbocycles. The second-order valence-electron chi connectivity index (χ2n) is 0.709. The van der Waals surface area contributed by atoms with Crippen LogP contribution in [0.1, 0.15) is 0 Å². The quantitative estimate of drug-likeness (QED) is 0.254. The van der Waals surface area contributed by atoms with Crippen LogP contribution in [-0.4, -0.2) is 13.1 Å². The van der Waals surface area contributed by atoms with E-state index in [-0.39, 0.29) is 0 Å². The Morgan fingerprint density at radius 1 is 1.83 bits per heavy atom. The molecule has 4 nitrogen and oxygen atoms in total. The lowest BCUT2D eigenvalue weighted by Crippen LogP contribution is -2.23. The van der Waals surface area contributed by atoms with Gasteiger partial charge in [-0.25, -0.2) is 5.90 Å². The predicted octanol–water partition coefficient (Wildman–Crippen LogP) is -1.18. The van der Waals surface area contributed by atoms with E-state index in [1.165, 1.54) is 0 Å². The van der Waals surface area contributed by atoms with Crippen LogP contribution in [0.4, 0.5) is 0 Å². The Labute approximate surface area is 35.7 Å². The van der Waals surface area contributed by atoms with Crippen molar-refractivity contribution in [1.29, 1.82) is 0 Å². The fourth-order valence-electron chi connectivity index (χ4n) is 0.0430. The number of hydrogen-bond donors (Lipinski definition) is 2. The molecule has 0 aromatic rings. The second kappa shape index (κ2) is 2.77. The summed E-state index contributed by atoms with van der Waals surface area (Å²) in [5.74, 6) is 4.52. The van der Waals surface area contributed by atoms with Crippen LogP contribution >= 0.6 is 0 Å². The zero-order chi connectivity index (χ0) is 4.99. The third kappa shape index (κ3) is 1.83. The van der Waals surface area contributed by atoms with Crippen LogP contribution in [0.2, 0.25) is 0 Å². The molecule has 0 aliphatic rings. The summed E-state index contributed by atoms with van der Waals surface area (Å²) < 4.78 is 0. The van der Waals surface area contributed by atoms with Gasteiger partial charge in [-0.15, -0.1) is 0 Å². The Morgan fingerprint density at radius 2 is 2.33 bits per heavy atom. The Morgan fingerprint density at radius 3 is 2.33 bits per heavy atom. The number of nitrogens with two attached hydrogens (primary N) is 2. The smallest absolute Gasteiger partial charge is 0.219 e. The molecule has 0 amide bonds. The molecule has 1 unspecified atom stereocenters. The molecule has 0 aromatic heterocycles. The minimum atomic E-state index is -0.773. The number of hydrogen-bond acceptors (Lipinski definition) is 4. The predicted molar refractivity (Wildman–Crippen MR) is 22.8 cm³/mol. The fraction of sp³-hybridized carbons (Fsp3) is 0.500. The molecule has 0 rings (SSSR count). The van der Waals surface area contributed by atoms with E-state index in [4.69, 9.17) is 5.73 Å². The molecule has 0 aliphatic heterocycles. The summed E-state index contributed by atoms with van der Waals surface area (Å²) in [6.07, 6.45) is -0.773. The highest BCUT2D eigenvalue weighted by atomic mass is 16.6. The highest BCUT2D eigenvalue weighted by molar-refractivity contribution is 5.23. The molecule has 0 radical (unpaired) electrons. The summed E-state index contributed by atoms with van der Waals surface area (Å²) in [7, 11) is 0. The van der Waals surface area contributed by atoms with Gasteiger partial charge in [0.25, 0.3) is 0 Å². The zero-order valence-corrected chi connectivity index (χ0v) is 3.29. The number of rotatable bonds is 2. The van der Waals surface area contributed by atoms with Crippen molar-refractivity contribution in [3.05, 3.63) is 0 Å². The topological polar surface area (TPSA) is 73.6 Å². The molecular formula is C2H7N3O. The standard InChI is InChI=1S/C2H7N3O/c1-5-2(3)6-4/h2H,1,3-4H2. The van der Waals surface area contributed by atoms with E-state index >= 15 is 0 Å². The van der Waals surface area contributed by atoms with Crippen molar-refractivity contribution >= 4 is 6.72 Å². The number of nitrogens with zero attached hydrogens (tertiary/aromatic N) is 1. The first kappa shape index (κ1) is 5.55. The van der Waals surface area contributed by atoms with Gasteiger partial charge in [0.15, 0.2) is 0 Å². The van der Waals surface area contributed by atoms with Crippen molar-refractivity contribution in [2.75, 3.05) is 0 Å². The van der Waals surface area contributed by atoms with E-state index in [2.05, 4.69) is 22.4 Å². The third-order valence-electron chi connectivity index (χ3n) is 0.319. The molecule has 6 heavy (non-hydrogen) atoms. The van der Waals surface area contributed by atoms with Gasteiger partial charge in [0, 0.05) is 0 Å². The summed E-state index contributed by atoms with van der Waals surface area (Å²) in [4.78, 5) is 7.14. The maximum absolute atomic E-state index is 4.90. The monoisotopic (exact) mass is 89.1 g/mol. The lowest BCUT2D eigenvalue weighted by Gasteiger charge is -1.96. The van der Waals surface area contributed by atoms with Gasteiger partial charge >= 0.3 is 0 Å². The van der Waals surface area contributed by atoms with Crippen LogP contribution in [0.3, 0.4) is 0 Å². The fourth-order valence-corrected chi connectivity index (χ4v) is 0.0430. The van der Waals surface area contributed by atoms with Crippen molar-refractivity contribution in [3.63, 3.8) is 0 Å². The summed E-state index contributed by atoms with van der Waals surface area (Å²) in [5, 5.41) is 0. The summed E-state index contributed by atoms with van der Waals surface area (Å²) in [6, 6.07) is 0. The minimum Gasteiger partial charge on any atom is -0.286 e. The van der Waals surface area contributed by atoms with Crippen LogP contribution in [0, 0.1) is 0 Å². The third-order valence-corrected chi connectivity index (χ3v) is 0.319. The van der Waals surface area contributed by atoms with Gasteiger partial charge in [-0.1, -0.05) is 0 Å². The average molecular weight is 89.1 g/mol. The van der Waals surface area contributed by atoms with E-state index in [1.807, 2.05) is 0 Å². The van der Waals surface area contributed by atoms with Gasteiger partial charge in [-0.2, -0.15) is 0 Å². The van der Waals surface area contributed by atoms with E-state index in [9.17, 15) is 0 Å². The Bertz CT molecular complexity index is 46.1. The molecule has 0 heterocycles. The van der Waals surface area contributed by atoms with Crippen molar-refractivity contribution in [2.24, 2.45) is 16.6 Å². The highest BCUT2D eigenvalue weighted by Crippen LogP contribution is 1.69. The van der Waals surface area contributed by atoms with Crippen LogP contribution in [0.25, 0.3) is 0 Å². The number of aliphatic imine (C=N–C) groups is 1. The van der Waals surface area contributed by atoms with Gasteiger partial charge in [0.2, 0.25) is 6.35 Å². The van der Waals surface area contributed by atoms with Crippen molar-refractivity contribution in [2.45, 2.75) is 6.35 Å². The lowest BCUT2D eigenvalue weighted by molar-refractivity contribution is 0.0654. The van der Waals surface area contributed by atoms with Gasteiger partial charge in [0.05, 0.1) is 0 Å². The maximum Gasteiger partial charge on any atom is 0.219 e. The largest absolute Gasteiger partial charge is 0.286 e. The van der Waals surface area contributed by atoms with Crippen molar-refractivity contribution in [1.82, 2.24) is 0 Å². The van der Waals surface area contributed by atoms with Gasteiger partial charge in [-0.05, 0) is 6.72 Å². The Hall–Kier alpha value is -0.450. The summed E-state index contributed by atoms with van der Waals surface area (Å²) >= 11 is 0. The molecule has 0 aromatic carbocycles. The molecule has 36 valence electrons. The van der Waals surface area contributed by atoms with Gasteiger partial charge < -0.3 is 0 Å². The summed E-state index contributed by atoms with van der Waals surface area (Å²) in [6.45, 7) is 3.05. The van der Waals surface area contributed by atoms with Gasteiger partial charge in [0.1, 0.15) is 0 Å². The Balaban J connectivity index is 2.96. The summed E-state index contributed by atoms with van der Waals surface area (Å²) in [5.41, 5.74) is 4.90. The SMILES string of the molecule is C=NC(N)ON. The molecule has 4 heteroatoms. The van der Waals surface area contributed by atoms with E-state index in [0.29, 0.717) is 0 Å². The maximum atomic E-state index is 4.90.